The molecule has 0 aliphatic carbocycles. The third kappa shape index (κ3) is 23.1. The van der Waals surface area contributed by atoms with Crippen molar-refractivity contribution in [1.29, 1.82) is 0 Å². The van der Waals surface area contributed by atoms with Gasteiger partial charge in [0.1, 0.15) is 0 Å². The van der Waals surface area contributed by atoms with E-state index in [1.807, 2.05) is 0 Å². The average Bonchev–Trinajstić information content (AvgIpc) is 2.72. The van der Waals surface area contributed by atoms with Crippen LogP contribution in [0.15, 0.2) is 0 Å². The zero-order valence-corrected chi connectivity index (χ0v) is 21.7. The molecule has 2 atom stereocenters. The molecule has 0 aliphatic heterocycles. The quantitative estimate of drug-likeness (QED) is 0.108. The van der Waals surface area contributed by atoms with Gasteiger partial charge in [0.25, 0.3) is 7.82 Å². The van der Waals surface area contributed by atoms with Gasteiger partial charge in [0.2, 0.25) is 0 Å². The first-order valence-corrected chi connectivity index (χ1v) is 14.2. The molecular weight excluding hydrogens is 430 g/mol. The molecule has 0 saturated carbocycles. The summed E-state index contributed by atoms with van der Waals surface area (Å²) < 4.78 is 21.9. The van der Waals surface area contributed by atoms with Crippen LogP contribution in [0.2, 0.25) is 5.39 Å². The Morgan fingerprint density at radius 2 is 1.14 bits per heavy atom. The van der Waals surface area contributed by atoms with Gasteiger partial charge in [0, 0.05) is 0 Å². The fourth-order valence-electron chi connectivity index (χ4n) is 2.91. The van der Waals surface area contributed by atoms with Gasteiger partial charge in [0.05, 0.1) is 13.2 Å². The topological polar surface area (TPSA) is 58.6 Å². The molecule has 6 heteroatoms. The third-order valence-corrected chi connectivity index (χ3v) is 6.52. The molecule has 0 fully saturated rings. The summed E-state index contributed by atoms with van der Waals surface area (Å²) >= 11 is 4.55. The number of hydrogen-bond acceptors (Lipinski definition) is 4. The fourth-order valence-corrected chi connectivity index (χ4v) is 4.02. The van der Waals surface area contributed by atoms with Crippen LogP contribution in [0.3, 0.4) is 0 Å². The molecule has 0 N–H and O–H groups in total. The van der Waals surface area contributed by atoms with Crippen LogP contribution in [0.5, 0.6) is 0 Å². The number of rotatable bonds is 19. The van der Waals surface area contributed by atoms with E-state index in [2.05, 4.69) is 50.1 Å². The van der Waals surface area contributed by atoms with E-state index < -0.39 is 7.82 Å². The molecule has 0 radical (unpaired) electrons. The number of unbranched alkanes of at least 4 members (excludes halogenated alkanes) is 6. The van der Waals surface area contributed by atoms with E-state index in [1.165, 1.54) is 32.1 Å². The summed E-state index contributed by atoms with van der Waals surface area (Å²) in [6, 6.07) is 0. The second-order valence-corrected chi connectivity index (χ2v) is 9.85. The number of phosphoric ester groups is 1. The SMILES string of the molecule is CCCCC(CC)COP(=O)([O-])OCC(CC)CCCC.CCCCCC[CH2][Ni+]. The van der Waals surface area contributed by atoms with E-state index >= 15 is 0 Å². The summed E-state index contributed by atoms with van der Waals surface area (Å²) in [6.07, 6.45) is 15.1. The Labute approximate surface area is 190 Å². The molecule has 0 saturated heterocycles. The molecule has 0 bridgehead atoms. The maximum absolute atomic E-state index is 11.8. The maximum atomic E-state index is 11.8. The molecule has 29 heavy (non-hydrogen) atoms. The molecule has 180 valence electrons. The van der Waals surface area contributed by atoms with Crippen LogP contribution in [0, 0.1) is 11.8 Å². The van der Waals surface area contributed by atoms with E-state index in [9.17, 15) is 9.46 Å². The summed E-state index contributed by atoms with van der Waals surface area (Å²) in [5.41, 5.74) is 0. The first-order valence-electron chi connectivity index (χ1n) is 12.0. The van der Waals surface area contributed by atoms with Crippen molar-refractivity contribution in [3.05, 3.63) is 0 Å². The van der Waals surface area contributed by atoms with Crippen molar-refractivity contribution in [2.45, 2.75) is 123 Å². The van der Waals surface area contributed by atoms with Crippen LogP contribution in [-0.2, 0) is 29.1 Å². The Hall–Kier alpha value is 0.604. The summed E-state index contributed by atoms with van der Waals surface area (Å²) in [7, 11) is -4.14. The van der Waals surface area contributed by atoms with Gasteiger partial charge in [-0.05, 0) is 24.7 Å². The molecule has 0 aromatic carbocycles. The second-order valence-electron chi connectivity index (χ2n) is 7.94. The van der Waals surface area contributed by atoms with Crippen molar-refractivity contribution in [1.82, 2.24) is 0 Å². The molecular formula is C23H49NiO4P. The summed E-state index contributed by atoms with van der Waals surface area (Å²) in [4.78, 5) is 11.8. The van der Waals surface area contributed by atoms with E-state index in [0.29, 0.717) is 11.8 Å². The number of phosphoric acid groups is 1. The van der Waals surface area contributed by atoms with Gasteiger partial charge in [-0.1, -0.05) is 66.2 Å². The van der Waals surface area contributed by atoms with Crippen LogP contribution in [0.1, 0.15) is 118 Å². The molecule has 0 aliphatic rings. The van der Waals surface area contributed by atoms with Crippen LogP contribution in [-0.4, -0.2) is 13.2 Å². The molecule has 0 rings (SSSR count). The zero-order chi connectivity index (χ0) is 22.4. The summed E-state index contributed by atoms with van der Waals surface area (Å²) in [5, 5.41) is 0.990. The molecule has 0 aromatic heterocycles. The van der Waals surface area contributed by atoms with Gasteiger partial charge < -0.3 is 13.9 Å². The van der Waals surface area contributed by atoms with Crippen molar-refractivity contribution in [3.63, 3.8) is 0 Å². The normalized spacial score (nSPS) is 15.3. The van der Waals surface area contributed by atoms with Gasteiger partial charge in [-0.3, -0.25) is 4.57 Å². The van der Waals surface area contributed by atoms with Crippen LogP contribution in [0.25, 0.3) is 0 Å². The van der Waals surface area contributed by atoms with Gasteiger partial charge in [-0.25, -0.2) is 0 Å². The van der Waals surface area contributed by atoms with E-state index in [0.717, 1.165) is 56.8 Å². The van der Waals surface area contributed by atoms with Crippen LogP contribution < -0.4 is 4.89 Å². The summed E-state index contributed by atoms with van der Waals surface area (Å²) in [5.74, 6) is 0.607. The predicted octanol–water partition coefficient (Wildman–Crippen LogP) is 7.84. The first kappa shape index (κ1) is 31.8. The first-order chi connectivity index (χ1) is 13.9. The van der Waals surface area contributed by atoms with E-state index in [-0.39, 0.29) is 13.2 Å². The van der Waals surface area contributed by atoms with Gasteiger partial charge >= 0.3 is 59.9 Å². The van der Waals surface area contributed by atoms with Gasteiger partial charge in [0.15, 0.2) is 0 Å². The molecule has 0 heterocycles. The van der Waals surface area contributed by atoms with Gasteiger partial charge in [-0.15, -0.1) is 0 Å². The molecule has 4 nitrogen and oxygen atoms in total. The molecule has 0 amide bonds. The van der Waals surface area contributed by atoms with Crippen molar-refractivity contribution < 1.29 is 34.0 Å². The number of hydrogen-bond donors (Lipinski definition) is 0. The third-order valence-electron chi connectivity index (χ3n) is 5.24. The predicted molar refractivity (Wildman–Crippen MR) is 120 cm³/mol. The van der Waals surface area contributed by atoms with Gasteiger partial charge in [-0.2, -0.15) is 0 Å². The van der Waals surface area contributed by atoms with Crippen molar-refractivity contribution in [2.24, 2.45) is 11.8 Å². The van der Waals surface area contributed by atoms with Crippen molar-refractivity contribution in [2.75, 3.05) is 13.2 Å². The Bertz CT molecular complexity index is 339. The minimum atomic E-state index is -4.14. The standard InChI is InChI=1S/C16H35O4P.C7H15.Ni/c1-5-9-11-15(7-3)13-19-21(17,18)20-14-16(8-4)12-10-6-2;1-3-5-7-6-4-2;/h15-16H,5-14H2,1-4H3,(H,17,18);1,3-7H2,2H3;/q;;+1/p-1. The van der Waals surface area contributed by atoms with E-state index in [4.69, 9.17) is 9.05 Å². The Kier molecular flexibility index (Phi) is 25.5. The van der Waals surface area contributed by atoms with Crippen molar-refractivity contribution >= 4 is 7.82 Å². The van der Waals surface area contributed by atoms with Crippen molar-refractivity contribution in [3.8, 4) is 0 Å². The fraction of sp³-hybridized carbons (Fsp3) is 1.00. The molecule has 2 unspecified atom stereocenters. The Morgan fingerprint density at radius 3 is 1.48 bits per heavy atom. The monoisotopic (exact) mass is 478 g/mol. The Morgan fingerprint density at radius 1 is 0.724 bits per heavy atom. The Balaban J connectivity index is 0. The minimum absolute atomic E-state index is 0.253. The second kappa shape index (κ2) is 23.3. The zero-order valence-electron chi connectivity index (χ0n) is 19.9. The molecule has 0 spiro atoms. The molecule has 0 aromatic rings. The van der Waals surface area contributed by atoms with Crippen LogP contribution in [0.4, 0.5) is 0 Å². The van der Waals surface area contributed by atoms with E-state index in [1.54, 1.807) is 0 Å². The van der Waals surface area contributed by atoms with Crippen LogP contribution >= 0.6 is 7.82 Å². The average molecular weight is 479 g/mol. The summed E-state index contributed by atoms with van der Waals surface area (Å²) in [6.45, 7) is 11.1.